The summed E-state index contributed by atoms with van der Waals surface area (Å²) in [7, 11) is 7.35. The molecule has 0 aliphatic rings. The van der Waals surface area contributed by atoms with E-state index in [1.807, 2.05) is 28.2 Å². The van der Waals surface area contributed by atoms with Gasteiger partial charge in [-0.1, -0.05) is 0 Å². The Bertz CT molecular complexity index is 316. The number of hydrogen-bond donors (Lipinski definition) is 1. The van der Waals surface area contributed by atoms with Crippen LogP contribution in [0.3, 0.4) is 0 Å². The van der Waals surface area contributed by atoms with Gasteiger partial charge in [0, 0.05) is 28.2 Å². The fourth-order valence-corrected chi connectivity index (χ4v) is 0.937. The van der Waals surface area contributed by atoms with E-state index in [1.165, 1.54) is 0 Å². The number of aliphatic hydroxyl groups is 1. The standard InChI is InChI=1S/C9H17N5O2/c1-13(2)7-10-8(14(3)4)12-9(11-7)16-6-5-15/h15H,5-6H2,1-4H3. The molecule has 1 aromatic rings. The molecular formula is C9H17N5O2. The van der Waals surface area contributed by atoms with E-state index in [-0.39, 0.29) is 19.2 Å². The van der Waals surface area contributed by atoms with Crippen LogP contribution in [0.5, 0.6) is 6.01 Å². The third-order valence-electron chi connectivity index (χ3n) is 1.71. The zero-order valence-electron chi connectivity index (χ0n) is 10.0. The molecule has 0 radical (unpaired) electrons. The predicted molar refractivity (Wildman–Crippen MR) is 61.1 cm³/mol. The molecule has 0 saturated heterocycles. The second-order valence-electron chi connectivity index (χ2n) is 3.58. The van der Waals surface area contributed by atoms with Crippen molar-refractivity contribution in [2.45, 2.75) is 0 Å². The highest BCUT2D eigenvalue weighted by atomic mass is 16.5. The van der Waals surface area contributed by atoms with Crippen molar-refractivity contribution in [1.82, 2.24) is 15.0 Å². The molecular weight excluding hydrogens is 210 g/mol. The van der Waals surface area contributed by atoms with Gasteiger partial charge >= 0.3 is 6.01 Å². The van der Waals surface area contributed by atoms with Crippen LogP contribution in [0.2, 0.25) is 0 Å². The van der Waals surface area contributed by atoms with E-state index in [2.05, 4.69) is 15.0 Å². The fraction of sp³-hybridized carbons (Fsp3) is 0.667. The van der Waals surface area contributed by atoms with Crippen molar-refractivity contribution in [1.29, 1.82) is 0 Å². The molecule has 0 amide bonds. The largest absolute Gasteiger partial charge is 0.461 e. The molecule has 16 heavy (non-hydrogen) atoms. The maximum atomic E-state index is 8.67. The normalized spacial score (nSPS) is 10.1. The summed E-state index contributed by atoms with van der Waals surface area (Å²) < 4.78 is 5.17. The van der Waals surface area contributed by atoms with Crippen molar-refractivity contribution in [2.75, 3.05) is 51.2 Å². The molecule has 0 saturated carbocycles. The number of rotatable bonds is 5. The first-order valence-electron chi connectivity index (χ1n) is 4.89. The molecule has 1 rings (SSSR count). The first-order chi connectivity index (χ1) is 7.54. The van der Waals surface area contributed by atoms with Crippen LogP contribution in [0.4, 0.5) is 11.9 Å². The van der Waals surface area contributed by atoms with Gasteiger partial charge in [-0.25, -0.2) is 0 Å². The average molecular weight is 227 g/mol. The molecule has 0 aliphatic heterocycles. The van der Waals surface area contributed by atoms with Crippen LogP contribution in [-0.4, -0.2) is 61.5 Å². The van der Waals surface area contributed by atoms with Crippen molar-refractivity contribution in [3.05, 3.63) is 0 Å². The lowest BCUT2D eigenvalue weighted by Crippen LogP contribution is -2.19. The van der Waals surface area contributed by atoms with Gasteiger partial charge in [0.15, 0.2) is 0 Å². The quantitative estimate of drug-likeness (QED) is 0.718. The van der Waals surface area contributed by atoms with Crippen molar-refractivity contribution in [3.8, 4) is 6.01 Å². The highest BCUT2D eigenvalue weighted by molar-refractivity contribution is 5.37. The Morgan fingerprint density at radius 2 is 1.50 bits per heavy atom. The van der Waals surface area contributed by atoms with Crippen molar-refractivity contribution >= 4 is 11.9 Å². The fourth-order valence-electron chi connectivity index (χ4n) is 0.937. The molecule has 0 spiro atoms. The molecule has 1 aromatic heterocycles. The van der Waals surface area contributed by atoms with Crippen molar-refractivity contribution < 1.29 is 9.84 Å². The highest BCUT2D eigenvalue weighted by Crippen LogP contribution is 2.14. The van der Waals surface area contributed by atoms with Crippen LogP contribution in [-0.2, 0) is 0 Å². The third-order valence-corrected chi connectivity index (χ3v) is 1.71. The first-order valence-corrected chi connectivity index (χ1v) is 4.89. The molecule has 0 fully saturated rings. The molecule has 1 heterocycles. The molecule has 0 atom stereocenters. The highest BCUT2D eigenvalue weighted by Gasteiger charge is 2.10. The van der Waals surface area contributed by atoms with Crippen LogP contribution < -0.4 is 14.5 Å². The number of nitrogens with zero attached hydrogens (tertiary/aromatic N) is 5. The number of aromatic nitrogens is 3. The zero-order valence-corrected chi connectivity index (χ0v) is 10.0. The van der Waals surface area contributed by atoms with Gasteiger partial charge in [0.05, 0.1) is 6.61 Å². The summed E-state index contributed by atoms with van der Waals surface area (Å²) in [6, 6.07) is 0.219. The SMILES string of the molecule is CN(C)c1nc(OCCO)nc(N(C)C)n1. The zero-order chi connectivity index (χ0) is 12.1. The van der Waals surface area contributed by atoms with E-state index >= 15 is 0 Å². The van der Waals surface area contributed by atoms with Gasteiger partial charge in [0.1, 0.15) is 6.61 Å². The second kappa shape index (κ2) is 5.45. The van der Waals surface area contributed by atoms with Gasteiger partial charge in [-0.05, 0) is 0 Å². The summed E-state index contributed by atoms with van der Waals surface area (Å²) in [5.74, 6) is 1.04. The van der Waals surface area contributed by atoms with Crippen molar-refractivity contribution in [2.24, 2.45) is 0 Å². The van der Waals surface area contributed by atoms with Crippen molar-refractivity contribution in [3.63, 3.8) is 0 Å². The van der Waals surface area contributed by atoms with Crippen LogP contribution in [0, 0.1) is 0 Å². The average Bonchev–Trinajstić information content (AvgIpc) is 2.25. The van der Waals surface area contributed by atoms with Gasteiger partial charge in [0.2, 0.25) is 11.9 Å². The van der Waals surface area contributed by atoms with E-state index in [1.54, 1.807) is 9.80 Å². The molecule has 7 heteroatoms. The molecule has 0 unspecified atom stereocenters. The maximum absolute atomic E-state index is 8.67. The summed E-state index contributed by atoms with van der Waals surface area (Å²) >= 11 is 0. The van der Waals surface area contributed by atoms with Gasteiger partial charge in [-0.15, -0.1) is 0 Å². The number of ether oxygens (including phenoxy) is 1. The Hall–Kier alpha value is -1.63. The molecule has 7 nitrogen and oxygen atoms in total. The maximum Gasteiger partial charge on any atom is 0.323 e. The smallest absolute Gasteiger partial charge is 0.323 e. The van der Waals surface area contributed by atoms with Crippen LogP contribution >= 0.6 is 0 Å². The lowest BCUT2D eigenvalue weighted by atomic mass is 10.7. The summed E-state index contributed by atoms with van der Waals surface area (Å²) in [5, 5.41) is 8.67. The summed E-state index contributed by atoms with van der Waals surface area (Å²) in [5.41, 5.74) is 0. The Morgan fingerprint density at radius 1 is 1.00 bits per heavy atom. The van der Waals surface area contributed by atoms with Gasteiger partial charge < -0.3 is 19.6 Å². The predicted octanol–water partition coefficient (Wildman–Crippen LogP) is -0.625. The van der Waals surface area contributed by atoms with Crippen LogP contribution in [0.25, 0.3) is 0 Å². The molecule has 0 bridgehead atoms. The lowest BCUT2D eigenvalue weighted by Gasteiger charge is -2.15. The summed E-state index contributed by atoms with van der Waals surface area (Å²) in [6.45, 7) is 0.101. The van der Waals surface area contributed by atoms with Crippen LogP contribution in [0.1, 0.15) is 0 Å². The number of anilines is 2. The number of hydrogen-bond acceptors (Lipinski definition) is 7. The molecule has 0 aromatic carbocycles. The Labute approximate surface area is 94.7 Å². The topological polar surface area (TPSA) is 74.6 Å². The first kappa shape index (κ1) is 12.4. The third kappa shape index (κ3) is 3.20. The summed E-state index contributed by atoms with van der Waals surface area (Å²) in [6.07, 6.45) is 0. The second-order valence-corrected chi connectivity index (χ2v) is 3.58. The van der Waals surface area contributed by atoms with Gasteiger partial charge in [-0.2, -0.15) is 15.0 Å². The molecule has 90 valence electrons. The van der Waals surface area contributed by atoms with Gasteiger partial charge in [0.25, 0.3) is 0 Å². The Morgan fingerprint density at radius 3 is 1.88 bits per heavy atom. The van der Waals surface area contributed by atoms with Gasteiger partial charge in [-0.3, -0.25) is 0 Å². The lowest BCUT2D eigenvalue weighted by molar-refractivity contribution is 0.191. The van der Waals surface area contributed by atoms with E-state index in [9.17, 15) is 0 Å². The Kier molecular flexibility index (Phi) is 4.24. The minimum Gasteiger partial charge on any atom is -0.461 e. The van der Waals surface area contributed by atoms with E-state index in [0.717, 1.165) is 0 Å². The minimum absolute atomic E-state index is 0.0692. The van der Waals surface area contributed by atoms with Crippen LogP contribution in [0.15, 0.2) is 0 Å². The monoisotopic (exact) mass is 227 g/mol. The van der Waals surface area contributed by atoms with E-state index < -0.39 is 0 Å². The minimum atomic E-state index is -0.0692. The summed E-state index contributed by atoms with van der Waals surface area (Å²) in [4.78, 5) is 15.9. The Balaban J connectivity index is 2.99. The molecule has 1 N–H and O–H groups in total. The number of aliphatic hydroxyl groups excluding tert-OH is 1. The van der Waals surface area contributed by atoms with E-state index in [4.69, 9.17) is 9.84 Å². The van der Waals surface area contributed by atoms with E-state index in [0.29, 0.717) is 11.9 Å². The molecule has 0 aliphatic carbocycles.